The molecular formula is C22H17Cl. The predicted molar refractivity (Wildman–Crippen MR) is 98.1 cm³/mol. The highest BCUT2D eigenvalue weighted by atomic mass is 35.5. The minimum Gasteiger partial charge on any atom is -0.0843 e. The fourth-order valence-corrected chi connectivity index (χ4v) is 4.58. The van der Waals surface area contributed by atoms with E-state index in [0.29, 0.717) is 11.8 Å². The molecule has 0 radical (unpaired) electrons. The zero-order chi connectivity index (χ0) is 15.4. The first-order chi connectivity index (χ1) is 11.3. The maximum Gasteiger partial charge on any atom is 0.0412 e. The molecule has 4 aliphatic rings. The standard InChI is InChI=1S/C22H17Cl/c23-15-9-10-17-20-12-11-16(14-5-2-1-3-6-14)18-7-4-8-19(22(18)20)21(17)13-15/h1-2,4-5,7-13,18,22H,3,6H2. The first-order valence-corrected chi connectivity index (χ1v) is 8.67. The Balaban J connectivity index is 1.69. The lowest BCUT2D eigenvalue weighted by Crippen LogP contribution is -2.20. The summed E-state index contributed by atoms with van der Waals surface area (Å²) in [7, 11) is 0. The summed E-state index contributed by atoms with van der Waals surface area (Å²) in [5.41, 5.74) is 8.53. The average Bonchev–Trinajstić information content (AvgIpc) is 2.91. The maximum atomic E-state index is 6.25. The number of hydrogen-bond acceptors (Lipinski definition) is 0. The van der Waals surface area contributed by atoms with Crippen LogP contribution < -0.4 is 0 Å². The van der Waals surface area contributed by atoms with E-state index in [-0.39, 0.29) is 0 Å². The molecule has 0 bridgehead atoms. The average molecular weight is 317 g/mol. The van der Waals surface area contributed by atoms with Crippen molar-refractivity contribution in [3.05, 3.63) is 94.1 Å². The molecule has 1 aromatic rings. The normalized spacial score (nSPS) is 26.8. The van der Waals surface area contributed by atoms with Gasteiger partial charge in [0.05, 0.1) is 0 Å². The van der Waals surface area contributed by atoms with E-state index < -0.39 is 0 Å². The second-order valence-electron chi connectivity index (χ2n) is 6.60. The first kappa shape index (κ1) is 13.4. The maximum absolute atomic E-state index is 6.25. The summed E-state index contributed by atoms with van der Waals surface area (Å²) in [4.78, 5) is 0. The molecule has 4 aliphatic carbocycles. The zero-order valence-corrected chi connectivity index (χ0v) is 13.6. The molecule has 0 amide bonds. The molecule has 0 spiro atoms. The number of halogens is 1. The lowest BCUT2D eigenvalue weighted by Gasteiger charge is -2.32. The Hall–Kier alpha value is -2.05. The minimum atomic E-state index is 0.457. The largest absolute Gasteiger partial charge is 0.0843 e. The monoisotopic (exact) mass is 316 g/mol. The van der Waals surface area contributed by atoms with E-state index in [1.54, 1.807) is 0 Å². The van der Waals surface area contributed by atoms with Crippen molar-refractivity contribution in [3.8, 4) is 0 Å². The summed E-state index contributed by atoms with van der Waals surface area (Å²) in [6, 6.07) is 6.32. The smallest absolute Gasteiger partial charge is 0.0412 e. The molecule has 1 heteroatoms. The molecule has 23 heavy (non-hydrogen) atoms. The Morgan fingerprint density at radius 1 is 0.870 bits per heavy atom. The van der Waals surface area contributed by atoms with Crippen molar-refractivity contribution in [1.29, 1.82) is 0 Å². The third kappa shape index (κ3) is 1.91. The van der Waals surface area contributed by atoms with Crippen LogP contribution in [-0.2, 0) is 0 Å². The molecule has 0 N–H and O–H groups in total. The molecule has 0 saturated carbocycles. The number of allylic oxidation sites excluding steroid dienone is 12. The van der Waals surface area contributed by atoms with Crippen LogP contribution in [0.5, 0.6) is 0 Å². The van der Waals surface area contributed by atoms with Gasteiger partial charge in [0.25, 0.3) is 0 Å². The Labute approximate surface area is 141 Å². The summed E-state index contributed by atoms with van der Waals surface area (Å²) in [5, 5.41) is 0.823. The van der Waals surface area contributed by atoms with Crippen LogP contribution in [0.25, 0.3) is 11.1 Å². The van der Waals surface area contributed by atoms with Crippen LogP contribution in [0.15, 0.2) is 78.0 Å². The van der Waals surface area contributed by atoms with E-state index in [9.17, 15) is 0 Å². The van der Waals surface area contributed by atoms with Gasteiger partial charge in [-0.25, -0.2) is 0 Å². The number of benzene rings is 1. The second-order valence-corrected chi connectivity index (χ2v) is 7.04. The van der Waals surface area contributed by atoms with Gasteiger partial charge in [-0.15, -0.1) is 0 Å². The number of hydrogen-bond donors (Lipinski definition) is 0. The van der Waals surface area contributed by atoms with Crippen LogP contribution in [0, 0.1) is 11.8 Å². The van der Waals surface area contributed by atoms with Gasteiger partial charge >= 0.3 is 0 Å². The van der Waals surface area contributed by atoms with Crippen molar-refractivity contribution in [2.45, 2.75) is 12.8 Å². The van der Waals surface area contributed by atoms with Crippen molar-refractivity contribution >= 4 is 22.7 Å². The van der Waals surface area contributed by atoms with E-state index in [1.807, 2.05) is 6.07 Å². The Kier molecular flexibility index (Phi) is 2.90. The van der Waals surface area contributed by atoms with Crippen LogP contribution in [0.1, 0.15) is 24.0 Å². The van der Waals surface area contributed by atoms with E-state index >= 15 is 0 Å². The Bertz CT molecular complexity index is 887. The second kappa shape index (κ2) is 4.97. The van der Waals surface area contributed by atoms with Crippen molar-refractivity contribution in [2.75, 3.05) is 0 Å². The molecule has 2 unspecified atom stereocenters. The molecule has 1 aromatic carbocycles. The van der Waals surface area contributed by atoms with Crippen LogP contribution in [0.2, 0.25) is 5.02 Å². The lowest BCUT2D eigenvalue weighted by molar-refractivity contribution is 0.662. The van der Waals surface area contributed by atoms with Gasteiger partial charge in [0, 0.05) is 16.9 Å². The SMILES string of the molecule is Clc1ccc2c(c1)C1=CC=CC3C(C4=CC=CCC4)=CC=C2C13. The summed E-state index contributed by atoms with van der Waals surface area (Å²) in [6.45, 7) is 0. The first-order valence-electron chi connectivity index (χ1n) is 8.29. The Morgan fingerprint density at radius 2 is 1.74 bits per heavy atom. The van der Waals surface area contributed by atoms with Crippen LogP contribution in [-0.4, -0.2) is 0 Å². The molecule has 0 aliphatic heterocycles. The predicted octanol–water partition coefficient (Wildman–Crippen LogP) is 6.14. The van der Waals surface area contributed by atoms with E-state index in [0.717, 1.165) is 17.9 Å². The van der Waals surface area contributed by atoms with Gasteiger partial charge in [0.15, 0.2) is 0 Å². The van der Waals surface area contributed by atoms with Gasteiger partial charge < -0.3 is 0 Å². The number of rotatable bonds is 1. The van der Waals surface area contributed by atoms with Crippen LogP contribution >= 0.6 is 11.6 Å². The molecule has 0 heterocycles. The van der Waals surface area contributed by atoms with Gasteiger partial charge in [-0.2, -0.15) is 0 Å². The quantitative estimate of drug-likeness (QED) is 0.584. The summed E-state index contributed by atoms with van der Waals surface area (Å²) in [5.74, 6) is 0.916. The molecular weight excluding hydrogens is 300 g/mol. The topological polar surface area (TPSA) is 0 Å². The van der Waals surface area contributed by atoms with Crippen molar-refractivity contribution < 1.29 is 0 Å². The fraction of sp³-hybridized carbons (Fsp3) is 0.182. The van der Waals surface area contributed by atoms with E-state index in [2.05, 4.69) is 60.7 Å². The third-order valence-corrected chi connectivity index (χ3v) is 5.65. The van der Waals surface area contributed by atoms with E-state index in [1.165, 1.54) is 33.4 Å². The highest BCUT2D eigenvalue weighted by Gasteiger charge is 2.40. The molecule has 5 rings (SSSR count). The van der Waals surface area contributed by atoms with Gasteiger partial charge in [-0.1, -0.05) is 66.3 Å². The minimum absolute atomic E-state index is 0.457. The number of fused-ring (bicyclic) bond motifs is 3. The van der Waals surface area contributed by atoms with Crippen LogP contribution in [0.3, 0.4) is 0 Å². The molecule has 112 valence electrons. The van der Waals surface area contributed by atoms with Gasteiger partial charge in [0.1, 0.15) is 0 Å². The van der Waals surface area contributed by atoms with Crippen molar-refractivity contribution in [1.82, 2.24) is 0 Å². The highest BCUT2D eigenvalue weighted by Crippen LogP contribution is 2.55. The molecule has 0 aromatic heterocycles. The third-order valence-electron chi connectivity index (χ3n) is 5.41. The van der Waals surface area contributed by atoms with Gasteiger partial charge in [0.2, 0.25) is 0 Å². The van der Waals surface area contributed by atoms with Crippen molar-refractivity contribution in [2.24, 2.45) is 11.8 Å². The molecule has 0 fully saturated rings. The summed E-state index contributed by atoms with van der Waals surface area (Å²) >= 11 is 6.25. The molecule has 0 saturated heterocycles. The molecule has 0 nitrogen and oxygen atoms in total. The van der Waals surface area contributed by atoms with Gasteiger partial charge in [-0.3, -0.25) is 0 Å². The fourth-order valence-electron chi connectivity index (χ4n) is 4.41. The zero-order valence-electron chi connectivity index (χ0n) is 12.8. The Morgan fingerprint density at radius 3 is 2.61 bits per heavy atom. The van der Waals surface area contributed by atoms with E-state index in [4.69, 9.17) is 11.6 Å². The summed E-state index contributed by atoms with van der Waals surface area (Å²) in [6.07, 6.45) is 20.6. The lowest BCUT2D eigenvalue weighted by atomic mass is 9.71. The summed E-state index contributed by atoms with van der Waals surface area (Å²) < 4.78 is 0. The molecule has 2 atom stereocenters. The highest BCUT2D eigenvalue weighted by molar-refractivity contribution is 6.31. The van der Waals surface area contributed by atoms with Crippen LogP contribution in [0.4, 0.5) is 0 Å². The van der Waals surface area contributed by atoms with Crippen molar-refractivity contribution in [3.63, 3.8) is 0 Å². The van der Waals surface area contributed by atoms with Gasteiger partial charge in [-0.05, 0) is 58.4 Å².